The van der Waals surface area contributed by atoms with Crippen molar-refractivity contribution in [3.05, 3.63) is 107 Å². The third-order valence-corrected chi connectivity index (χ3v) is 6.02. The average Bonchev–Trinajstić information content (AvgIpc) is 3.03. The second kappa shape index (κ2) is 8.32. The highest BCUT2D eigenvalue weighted by atomic mass is 32.2. The van der Waals surface area contributed by atoms with Gasteiger partial charge in [0, 0.05) is 16.2 Å². The van der Waals surface area contributed by atoms with E-state index in [1.54, 1.807) is 36.4 Å². The van der Waals surface area contributed by atoms with Crippen molar-refractivity contribution in [1.29, 1.82) is 0 Å². The second-order valence-electron chi connectivity index (χ2n) is 6.50. The van der Waals surface area contributed by atoms with Crippen molar-refractivity contribution in [2.24, 2.45) is 0 Å². The van der Waals surface area contributed by atoms with E-state index in [1.165, 1.54) is 9.36 Å². The first-order chi connectivity index (χ1) is 14.2. The Bertz CT molecular complexity index is 1180. The van der Waals surface area contributed by atoms with Crippen LogP contribution in [0, 0.1) is 0 Å². The van der Waals surface area contributed by atoms with Gasteiger partial charge in [0.25, 0.3) is 5.56 Å². The van der Waals surface area contributed by atoms with Crippen molar-refractivity contribution in [1.82, 2.24) is 9.36 Å². The van der Waals surface area contributed by atoms with E-state index in [-0.39, 0.29) is 29.2 Å². The molecule has 0 unspecified atom stereocenters. The number of aromatic nitrogens is 2. The predicted molar refractivity (Wildman–Crippen MR) is 112 cm³/mol. The van der Waals surface area contributed by atoms with Gasteiger partial charge in [0.2, 0.25) is 0 Å². The lowest BCUT2D eigenvalue weighted by atomic mass is 10.2. The predicted octanol–water partition coefficient (Wildman–Crippen LogP) is 3.05. The molecule has 0 amide bonds. The van der Waals surface area contributed by atoms with Crippen LogP contribution in [0.4, 0.5) is 0 Å². The van der Waals surface area contributed by atoms with Crippen LogP contribution in [0.2, 0.25) is 0 Å². The van der Waals surface area contributed by atoms with Crippen molar-refractivity contribution in [3.63, 3.8) is 0 Å². The van der Waals surface area contributed by atoms with E-state index in [0.29, 0.717) is 16.3 Å². The van der Waals surface area contributed by atoms with Crippen molar-refractivity contribution >= 4 is 10.8 Å². The fourth-order valence-electron chi connectivity index (χ4n) is 3.23. The molecule has 0 radical (unpaired) electrons. The molecule has 0 spiro atoms. The lowest BCUT2D eigenvalue weighted by Gasteiger charge is -2.18. The molecular formula is C23H19N2O3S-. The lowest BCUT2D eigenvalue weighted by Crippen LogP contribution is -2.22. The van der Waals surface area contributed by atoms with Gasteiger partial charge in [-0.25, -0.2) is 4.68 Å². The van der Waals surface area contributed by atoms with E-state index >= 15 is 0 Å². The van der Waals surface area contributed by atoms with Gasteiger partial charge >= 0.3 is 0 Å². The number of benzene rings is 3. The third-order valence-electron chi connectivity index (χ3n) is 4.65. The Morgan fingerprint density at radius 1 is 0.724 bits per heavy atom. The minimum absolute atomic E-state index is 0.141. The molecule has 0 N–H and O–H groups in total. The van der Waals surface area contributed by atoms with Gasteiger partial charge in [0.1, 0.15) is 0 Å². The number of rotatable bonds is 6. The van der Waals surface area contributed by atoms with E-state index in [0.717, 1.165) is 0 Å². The normalized spacial score (nSPS) is 12.0. The topological polar surface area (TPSA) is 67.1 Å². The zero-order valence-electron chi connectivity index (χ0n) is 15.6. The summed E-state index contributed by atoms with van der Waals surface area (Å²) in [5.74, 6) is -0.169. The van der Waals surface area contributed by atoms with Crippen LogP contribution in [0.5, 0.6) is 5.88 Å². The number of nitrogens with zero attached hydrogens (tertiary/aromatic N) is 2. The maximum Gasteiger partial charge on any atom is 0.274 e. The minimum atomic E-state index is -1.28. The van der Waals surface area contributed by atoms with Crippen LogP contribution in [-0.2, 0) is 17.2 Å². The van der Waals surface area contributed by atoms with Gasteiger partial charge in [-0.15, -0.1) is 0 Å². The summed E-state index contributed by atoms with van der Waals surface area (Å²) in [5, 5.41) is 13.2. The molecule has 4 aromatic rings. The van der Waals surface area contributed by atoms with Crippen LogP contribution in [0.1, 0.15) is 5.56 Å². The van der Waals surface area contributed by atoms with E-state index in [2.05, 4.69) is 0 Å². The first kappa shape index (κ1) is 19.0. The summed E-state index contributed by atoms with van der Waals surface area (Å²) >= 11 is 0. The van der Waals surface area contributed by atoms with Crippen LogP contribution in [0.15, 0.2) is 101 Å². The molecule has 4 rings (SSSR count). The Hall–Kier alpha value is -3.38. The van der Waals surface area contributed by atoms with Crippen LogP contribution in [0.3, 0.4) is 0 Å². The summed E-state index contributed by atoms with van der Waals surface area (Å²) in [5.41, 5.74) is 0.972. The van der Waals surface area contributed by atoms with Crippen LogP contribution in [-0.4, -0.2) is 19.3 Å². The van der Waals surface area contributed by atoms with Crippen molar-refractivity contribution in [2.75, 3.05) is 5.75 Å². The smallest absolute Gasteiger partial charge is 0.274 e. The molecule has 0 aliphatic carbocycles. The quantitative estimate of drug-likeness (QED) is 0.497. The van der Waals surface area contributed by atoms with Crippen molar-refractivity contribution < 1.29 is 9.32 Å². The van der Waals surface area contributed by atoms with Crippen molar-refractivity contribution in [2.45, 2.75) is 11.3 Å². The van der Waals surface area contributed by atoms with Gasteiger partial charge in [0.05, 0.1) is 22.2 Å². The van der Waals surface area contributed by atoms with Gasteiger partial charge in [-0.2, -0.15) is 0 Å². The first-order valence-electron chi connectivity index (χ1n) is 9.25. The molecule has 6 heteroatoms. The molecule has 1 atom stereocenters. The highest BCUT2D eigenvalue weighted by Gasteiger charge is 2.17. The Balaban J connectivity index is 1.77. The molecule has 146 valence electrons. The fourth-order valence-corrected chi connectivity index (χ4v) is 4.32. The van der Waals surface area contributed by atoms with Gasteiger partial charge in [-0.05, 0) is 48.7 Å². The summed E-state index contributed by atoms with van der Waals surface area (Å²) in [6.07, 6.45) is 0.145. The van der Waals surface area contributed by atoms with Crippen LogP contribution in [0.25, 0.3) is 11.4 Å². The Morgan fingerprint density at radius 3 is 1.76 bits per heavy atom. The van der Waals surface area contributed by atoms with E-state index in [1.807, 2.05) is 54.6 Å². The van der Waals surface area contributed by atoms with Gasteiger partial charge in [0.15, 0.2) is 0 Å². The summed E-state index contributed by atoms with van der Waals surface area (Å²) in [6.45, 7) is 0. The number of hydrogen-bond acceptors (Lipinski definition) is 3. The highest BCUT2D eigenvalue weighted by molar-refractivity contribution is 7.85. The average molecular weight is 403 g/mol. The van der Waals surface area contributed by atoms with Crippen LogP contribution >= 0.6 is 0 Å². The van der Waals surface area contributed by atoms with Gasteiger partial charge in [-0.1, -0.05) is 54.6 Å². The van der Waals surface area contributed by atoms with E-state index in [9.17, 15) is 14.1 Å². The number of para-hydroxylation sites is 2. The lowest BCUT2D eigenvalue weighted by molar-refractivity contribution is -0.279. The third kappa shape index (κ3) is 3.79. The molecule has 0 fully saturated rings. The summed E-state index contributed by atoms with van der Waals surface area (Å²) in [4.78, 5) is 13.9. The van der Waals surface area contributed by atoms with E-state index < -0.39 is 10.8 Å². The Morgan fingerprint density at radius 2 is 1.21 bits per heavy atom. The molecular weight excluding hydrogens is 384 g/mol. The molecule has 3 aromatic carbocycles. The maximum atomic E-state index is 13.2. The zero-order valence-corrected chi connectivity index (χ0v) is 16.4. The Kier molecular flexibility index (Phi) is 5.44. The molecule has 0 bridgehead atoms. The maximum absolute atomic E-state index is 13.2. The molecule has 1 aromatic heterocycles. The summed E-state index contributed by atoms with van der Waals surface area (Å²) in [7, 11) is -1.28. The molecule has 0 saturated carbocycles. The van der Waals surface area contributed by atoms with Crippen LogP contribution < -0.4 is 10.7 Å². The summed E-state index contributed by atoms with van der Waals surface area (Å²) < 4.78 is 15.3. The molecule has 29 heavy (non-hydrogen) atoms. The monoisotopic (exact) mass is 403 g/mol. The molecule has 1 heterocycles. The summed E-state index contributed by atoms with van der Waals surface area (Å²) in [6, 6.07) is 27.2. The van der Waals surface area contributed by atoms with Gasteiger partial charge in [-0.3, -0.25) is 13.7 Å². The van der Waals surface area contributed by atoms with Crippen molar-refractivity contribution in [3.8, 4) is 17.3 Å². The zero-order chi connectivity index (χ0) is 20.2. The molecule has 0 aliphatic heterocycles. The Labute approximate surface area is 170 Å². The second-order valence-corrected chi connectivity index (χ2v) is 8.07. The molecule has 0 aliphatic rings. The largest absolute Gasteiger partial charge is 0.858 e. The molecule has 5 nitrogen and oxygen atoms in total. The van der Waals surface area contributed by atoms with Gasteiger partial charge < -0.3 is 5.11 Å². The molecule has 0 saturated heterocycles. The first-order valence-corrected chi connectivity index (χ1v) is 10.6. The van der Waals surface area contributed by atoms with E-state index in [4.69, 9.17) is 0 Å². The number of hydrogen-bond donors (Lipinski definition) is 0. The minimum Gasteiger partial charge on any atom is -0.858 e. The SMILES string of the molecule is O=c1c(CC[S@](=O)c2ccccc2)c([O-])n(-c2ccccc2)n1-c1ccccc1. The fraction of sp³-hybridized carbons (Fsp3) is 0.0870. The standard InChI is InChI=1S/C23H20N2O3S/c26-22-21(16-17-29(28)20-14-8-3-9-15-20)23(27)25(19-12-6-2-7-13-19)24(22)18-10-4-1-5-11-18/h1-15,26H,16-17H2/p-1/t29-/m0/s1. The highest BCUT2D eigenvalue weighted by Crippen LogP contribution is 2.22.